The van der Waals surface area contributed by atoms with E-state index in [-0.39, 0.29) is 28.0 Å². The van der Waals surface area contributed by atoms with Crippen molar-refractivity contribution < 1.29 is 22.3 Å². The Morgan fingerprint density at radius 3 is 2.41 bits per heavy atom. The van der Waals surface area contributed by atoms with Crippen molar-refractivity contribution in [3.8, 4) is 11.8 Å². The van der Waals surface area contributed by atoms with Gasteiger partial charge in [-0.15, -0.1) is 0 Å². The lowest BCUT2D eigenvalue weighted by Gasteiger charge is -2.36. The van der Waals surface area contributed by atoms with Crippen LogP contribution in [-0.2, 0) is 10.0 Å². The minimum absolute atomic E-state index is 0.0299. The zero-order chi connectivity index (χ0) is 23.5. The van der Waals surface area contributed by atoms with Crippen LogP contribution in [0.3, 0.4) is 0 Å². The Bertz CT molecular complexity index is 1150. The number of sulfonamides is 1. The third-order valence-corrected chi connectivity index (χ3v) is 6.52. The monoisotopic (exact) mass is 460 g/mol. The van der Waals surface area contributed by atoms with E-state index < -0.39 is 15.8 Å². The van der Waals surface area contributed by atoms with Crippen molar-refractivity contribution in [2.45, 2.75) is 24.8 Å². The smallest absolute Gasteiger partial charge is 0.257 e. The normalized spacial score (nSPS) is 14.4. The highest BCUT2D eigenvalue weighted by Gasteiger charge is 2.27. The Balaban J connectivity index is 1.82. The van der Waals surface area contributed by atoms with Gasteiger partial charge < -0.3 is 14.5 Å². The summed E-state index contributed by atoms with van der Waals surface area (Å²) in [6.45, 7) is 5.06. The maximum Gasteiger partial charge on any atom is 0.257 e. The molecule has 10 heteroatoms. The largest absolute Gasteiger partial charge is 0.490 e. The Morgan fingerprint density at radius 1 is 1.16 bits per heavy atom. The average Bonchev–Trinajstić information content (AvgIpc) is 2.78. The van der Waals surface area contributed by atoms with E-state index in [0.717, 1.165) is 0 Å². The summed E-state index contributed by atoms with van der Waals surface area (Å²) in [5, 5.41) is 8.90. The van der Waals surface area contributed by atoms with Crippen LogP contribution in [0.2, 0.25) is 0 Å². The van der Waals surface area contributed by atoms with Gasteiger partial charge in [0.15, 0.2) is 0 Å². The molecule has 2 aromatic rings. The summed E-state index contributed by atoms with van der Waals surface area (Å²) in [5.74, 6) is -0.532. The van der Waals surface area contributed by atoms with E-state index >= 15 is 0 Å². The Labute approximate surface area is 187 Å². The molecule has 0 aromatic heterocycles. The zero-order valence-electron chi connectivity index (χ0n) is 18.1. The predicted molar refractivity (Wildman–Crippen MR) is 118 cm³/mol. The summed E-state index contributed by atoms with van der Waals surface area (Å²) in [7, 11) is -2.43. The molecule has 170 valence electrons. The molecule has 0 spiro atoms. The quantitative estimate of drug-likeness (QED) is 0.710. The van der Waals surface area contributed by atoms with Crippen LogP contribution < -0.4 is 14.4 Å². The van der Waals surface area contributed by atoms with Crippen molar-refractivity contribution in [2.24, 2.45) is 0 Å². The van der Waals surface area contributed by atoms with E-state index in [4.69, 9.17) is 10.00 Å². The fraction of sp³-hybridized carbons (Fsp3) is 0.364. The summed E-state index contributed by atoms with van der Waals surface area (Å²) in [5.41, 5.74) is 0.782. The minimum Gasteiger partial charge on any atom is -0.490 e. The molecule has 0 aliphatic carbocycles. The van der Waals surface area contributed by atoms with Gasteiger partial charge in [-0.1, -0.05) is 0 Å². The zero-order valence-corrected chi connectivity index (χ0v) is 18.9. The molecule has 1 fully saturated rings. The summed E-state index contributed by atoms with van der Waals surface area (Å²) < 4.78 is 46.8. The standard InChI is InChI=1S/C22H25FN4O4S/c1-15(2)31-21-7-5-17(32(29,30)25-3)13-18(21)22(28)27-10-8-26(9-11-27)20-6-4-16(14-24)12-19(20)23/h4-7,12-13,15,25H,8-11H2,1-3H3. The molecule has 1 aliphatic heterocycles. The molecule has 0 radical (unpaired) electrons. The molecule has 1 heterocycles. The third kappa shape index (κ3) is 5.00. The van der Waals surface area contributed by atoms with Crippen LogP contribution in [0.5, 0.6) is 5.75 Å². The van der Waals surface area contributed by atoms with Crippen LogP contribution in [0.15, 0.2) is 41.3 Å². The van der Waals surface area contributed by atoms with Crippen LogP contribution in [-0.4, -0.2) is 58.6 Å². The number of nitrogens with one attached hydrogen (secondary N) is 1. The molecule has 1 N–H and O–H groups in total. The van der Waals surface area contributed by atoms with E-state index in [1.165, 1.54) is 31.3 Å². The topological polar surface area (TPSA) is 103 Å². The number of carbonyl (C=O) groups excluding carboxylic acids is 1. The highest BCUT2D eigenvalue weighted by molar-refractivity contribution is 7.89. The Hall–Kier alpha value is -3.16. The fourth-order valence-electron chi connectivity index (χ4n) is 3.47. The van der Waals surface area contributed by atoms with Crippen LogP contribution in [0.25, 0.3) is 0 Å². The molecule has 0 bridgehead atoms. The molecular weight excluding hydrogens is 435 g/mol. The number of halogens is 1. The van der Waals surface area contributed by atoms with Gasteiger partial charge in [0.2, 0.25) is 10.0 Å². The van der Waals surface area contributed by atoms with Crippen molar-refractivity contribution in [1.29, 1.82) is 5.26 Å². The van der Waals surface area contributed by atoms with Gasteiger partial charge in [-0.3, -0.25) is 4.79 Å². The molecular formula is C22H25FN4O4S. The highest BCUT2D eigenvalue weighted by atomic mass is 32.2. The van der Waals surface area contributed by atoms with Gasteiger partial charge in [-0.25, -0.2) is 17.5 Å². The maximum absolute atomic E-state index is 14.4. The first-order valence-corrected chi connectivity index (χ1v) is 11.6. The number of hydrogen-bond donors (Lipinski definition) is 1. The first-order chi connectivity index (χ1) is 15.2. The summed E-state index contributed by atoms with van der Waals surface area (Å²) >= 11 is 0. The minimum atomic E-state index is -3.73. The fourth-order valence-corrected chi connectivity index (χ4v) is 4.23. The summed E-state index contributed by atoms with van der Waals surface area (Å²) in [6, 6.07) is 10.4. The van der Waals surface area contributed by atoms with Crippen molar-refractivity contribution in [3.63, 3.8) is 0 Å². The molecule has 1 aliphatic rings. The Morgan fingerprint density at radius 2 is 1.84 bits per heavy atom. The predicted octanol–water partition coefficient (Wildman–Crippen LogP) is 2.36. The van der Waals surface area contributed by atoms with E-state index in [2.05, 4.69) is 4.72 Å². The molecule has 1 saturated heterocycles. The number of benzene rings is 2. The third-order valence-electron chi connectivity index (χ3n) is 5.11. The maximum atomic E-state index is 14.4. The molecule has 0 saturated carbocycles. The second-order valence-electron chi connectivity index (χ2n) is 7.59. The second-order valence-corrected chi connectivity index (χ2v) is 9.48. The molecule has 0 atom stereocenters. The molecule has 1 amide bonds. The molecule has 0 unspecified atom stereocenters. The number of rotatable bonds is 6. The summed E-state index contributed by atoms with van der Waals surface area (Å²) in [6.07, 6.45) is -0.204. The lowest BCUT2D eigenvalue weighted by atomic mass is 10.1. The molecule has 32 heavy (non-hydrogen) atoms. The van der Waals surface area contributed by atoms with Crippen LogP contribution in [0.1, 0.15) is 29.8 Å². The summed E-state index contributed by atoms with van der Waals surface area (Å²) in [4.78, 5) is 16.6. The van der Waals surface area contributed by atoms with Crippen molar-refractivity contribution in [2.75, 3.05) is 38.1 Å². The van der Waals surface area contributed by atoms with Gasteiger partial charge in [-0.05, 0) is 57.3 Å². The van der Waals surface area contributed by atoms with E-state index in [9.17, 15) is 17.6 Å². The molecule has 2 aromatic carbocycles. The molecule has 3 rings (SSSR count). The lowest BCUT2D eigenvalue weighted by molar-refractivity contribution is 0.0740. The number of hydrogen-bond acceptors (Lipinski definition) is 6. The Kier molecular flexibility index (Phi) is 7.01. The van der Waals surface area contributed by atoms with Gasteiger partial charge in [-0.2, -0.15) is 5.26 Å². The number of carbonyl (C=O) groups is 1. The van der Waals surface area contributed by atoms with Crippen molar-refractivity contribution >= 4 is 21.6 Å². The van der Waals surface area contributed by atoms with Gasteiger partial charge in [0, 0.05) is 26.2 Å². The van der Waals surface area contributed by atoms with Crippen LogP contribution in [0, 0.1) is 17.1 Å². The van der Waals surface area contributed by atoms with Crippen molar-refractivity contribution in [3.05, 3.63) is 53.3 Å². The number of ether oxygens (including phenoxy) is 1. The lowest BCUT2D eigenvalue weighted by Crippen LogP contribution is -2.49. The number of piperazine rings is 1. The number of nitrogens with zero attached hydrogens (tertiary/aromatic N) is 3. The van der Waals surface area contributed by atoms with Crippen molar-refractivity contribution in [1.82, 2.24) is 9.62 Å². The van der Waals surface area contributed by atoms with E-state index in [1.807, 2.05) is 24.8 Å². The SMILES string of the molecule is CNS(=O)(=O)c1ccc(OC(C)C)c(C(=O)N2CCN(c3ccc(C#N)cc3F)CC2)c1. The number of amides is 1. The second kappa shape index (κ2) is 9.54. The van der Waals surface area contributed by atoms with E-state index in [1.54, 1.807) is 17.0 Å². The molecule has 8 nitrogen and oxygen atoms in total. The highest BCUT2D eigenvalue weighted by Crippen LogP contribution is 2.27. The van der Waals surface area contributed by atoms with Crippen LogP contribution in [0.4, 0.5) is 10.1 Å². The van der Waals surface area contributed by atoms with Gasteiger partial charge in [0.25, 0.3) is 5.91 Å². The average molecular weight is 461 g/mol. The van der Waals surface area contributed by atoms with E-state index in [0.29, 0.717) is 37.6 Å². The first kappa shape index (κ1) is 23.5. The first-order valence-electron chi connectivity index (χ1n) is 10.1. The number of nitriles is 1. The van der Waals surface area contributed by atoms with Gasteiger partial charge in [0.05, 0.1) is 33.9 Å². The van der Waals surface area contributed by atoms with Gasteiger partial charge in [0.1, 0.15) is 11.6 Å². The van der Waals surface area contributed by atoms with Gasteiger partial charge >= 0.3 is 0 Å². The van der Waals surface area contributed by atoms with Crippen LogP contribution >= 0.6 is 0 Å². The number of anilines is 1.